The third kappa shape index (κ3) is 5.10. The Labute approximate surface area is 300 Å². The quantitative estimate of drug-likeness (QED) is 0.175. The van der Waals surface area contributed by atoms with Gasteiger partial charge in [0, 0.05) is 36.9 Å². The average molecular weight is 670 g/mol. The van der Waals surface area contributed by atoms with E-state index in [4.69, 9.17) is 4.42 Å². The Hall–Kier alpha value is -6.42. The first-order chi connectivity index (χ1) is 25.3. The molecule has 2 nitrogen and oxygen atoms in total. The van der Waals surface area contributed by atoms with Gasteiger partial charge in [-0.25, -0.2) is 0 Å². The van der Waals surface area contributed by atoms with Gasteiger partial charge in [0.15, 0.2) is 0 Å². The fourth-order valence-electron chi connectivity index (χ4n) is 7.42. The number of thiophene rings is 1. The second-order valence-electron chi connectivity index (χ2n) is 12.9. The van der Waals surface area contributed by atoms with Gasteiger partial charge in [-0.05, 0) is 81.9 Å². The molecule has 0 fully saturated rings. The Balaban J connectivity index is 1.08. The van der Waals surface area contributed by atoms with E-state index in [1.165, 1.54) is 53.6 Å². The van der Waals surface area contributed by atoms with E-state index < -0.39 is 0 Å². The number of hydrogen-bond acceptors (Lipinski definition) is 3. The molecule has 51 heavy (non-hydrogen) atoms. The van der Waals surface area contributed by atoms with E-state index in [1.807, 2.05) is 23.5 Å². The van der Waals surface area contributed by atoms with Crippen LogP contribution in [0.4, 0.5) is 17.1 Å². The fraction of sp³-hybridized carbons (Fsp3) is 0. The molecule has 0 saturated heterocycles. The van der Waals surface area contributed by atoms with Crippen LogP contribution in [0.1, 0.15) is 0 Å². The lowest BCUT2D eigenvalue weighted by Gasteiger charge is -2.26. The predicted octanol–water partition coefficient (Wildman–Crippen LogP) is 14.4. The van der Waals surface area contributed by atoms with Crippen molar-refractivity contribution in [2.45, 2.75) is 0 Å². The van der Waals surface area contributed by atoms with Crippen molar-refractivity contribution in [2.24, 2.45) is 0 Å². The molecule has 0 aliphatic rings. The molecule has 0 radical (unpaired) electrons. The SMILES string of the molecule is c1ccc(-c2ccc(-c3ccc(N(c4ccc(-c5cccc6c5sc5ccccc56)cc4)c4cccc5oc6ccccc6c45)cc3)cc2)cc1. The topological polar surface area (TPSA) is 16.4 Å². The zero-order valence-corrected chi connectivity index (χ0v) is 28.5. The van der Waals surface area contributed by atoms with Crippen molar-refractivity contribution in [2.75, 3.05) is 4.90 Å². The van der Waals surface area contributed by atoms with E-state index in [0.29, 0.717) is 0 Å². The molecule has 0 spiro atoms. The zero-order chi connectivity index (χ0) is 33.7. The monoisotopic (exact) mass is 669 g/mol. The summed E-state index contributed by atoms with van der Waals surface area (Å²) >= 11 is 1.87. The first kappa shape index (κ1) is 29.5. The molecule has 3 heteroatoms. The molecule has 0 bridgehead atoms. The molecule has 240 valence electrons. The highest BCUT2D eigenvalue weighted by Crippen LogP contribution is 2.45. The van der Waals surface area contributed by atoms with Crippen molar-refractivity contribution in [1.29, 1.82) is 0 Å². The summed E-state index contributed by atoms with van der Waals surface area (Å²) in [6.07, 6.45) is 0. The largest absolute Gasteiger partial charge is 0.456 e. The Morgan fingerprint density at radius 1 is 0.373 bits per heavy atom. The lowest BCUT2D eigenvalue weighted by atomic mass is 9.99. The Morgan fingerprint density at radius 2 is 0.902 bits per heavy atom. The molecule has 2 aromatic heterocycles. The summed E-state index contributed by atoms with van der Waals surface area (Å²) in [6, 6.07) is 67.3. The van der Waals surface area contributed by atoms with Gasteiger partial charge >= 0.3 is 0 Å². The van der Waals surface area contributed by atoms with Crippen molar-refractivity contribution in [3.8, 4) is 33.4 Å². The van der Waals surface area contributed by atoms with Crippen molar-refractivity contribution in [3.05, 3.63) is 188 Å². The standard InChI is InChI=1S/C48H31NOS/c1-2-10-32(11-3-1)33-20-22-34(23-21-33)35-24-28-37(29-25-35)49(43-16-9-18-45-47(43)42-13-4-6-17-44(42)50-45)38-30-26-36(27-31-38)39-14-8-15-41-40-12-5-7-19-46(40)51-48(39)41/h1-31H. The van der Waals surface area contributed by atoms with Crippen molar-refractivity contribution in [3.63, 3.8) is 0 Å². The van der Waals surface area contributed by atoms with Gasteiger partial charge < -0.3 is 9.32 Å². The number of para-hydroxylation sites is 1. The lowest BCUT2D eigenvalue weighted by Crippen LogP contribution is -2.10. The van der Waals surface area contributed by atoms with Crippen LogP contribution in [0.15, 0.2) is 192 Å². The maximum Gasteiger partial charge on any atom is 0.137 e. The molecular weight excluding hydrogens is 639 g/mol. The van der Waals surface area contributed by atoms with Gasteiger partial charge in [0.25, 0.3) is 0 Å². The van der Waals surface area contributed by atoms with E-state index in [1.54, 1.807) is 0 Å². The first-order valence-corrected chi connectivity index (χ1v) is 18.1. The van der Waals surface area contributed by atoms with Gasteiger partial charge in [-0.3, -0.25) is 0 Å². The molecule has 0 atom stereocenters. The number of fused-ring (bicyclic) bond motifs is 6. The van der Waals surface area contributed by atoms with Gasteiger partial charge in [0.05, 0.1) is 11.1 Å². The van der Waals surface area contributed by atoms with Crippen LogP contribution >= 0.6 is 11.3 Å². The molecule has 0 amide bonds. The summed E-state index contributed by atoms with van der Waals surface area (Å²) in [7, 11) is 0. The summed E-state index contributed by atoms with van der Waals surface area (Å²) in [5.41, 5.74) is 12.3. The smallest absolute Gasteiger partial charge is 0.137 e. The van der Waals surface area contributed by atoms with Crippen molar-refractivity contribution in [1.82, 2.24) is 0 Å². The molecule has 0 aliphatic carbocycles. The van der Waals surface area contributed by atoms with Crippen LogP contribution in [0.3, 0.4) is 0 Å². The van der Waals surface area contributed by atoms with E-state index >= 15 is 0 Å². The minimum atomic E-state index is 0.877. The predicted molar refractivity (Wildman–Crippen MR) is 218 cm³/mol. The van der Waals surface area contributed by atoms with Crippen LogP contribution in [0, 0.1) is 0 Å². The van der Waals surface area contributed by atoms with Gasteiger partial charge in [-0.1, -0.05) is 140 Å². The third-order valence-corrected chi connectivity index (χ3v) is 11.1. The van der Waals surface area contributed by atoms with Crippen LogP contribution in [-0.2, 0) is 0 Å². The number of nitrogens with zero attached hydrogens (tertiary/aromatic N) is 1. The molecule has 0 aliphatic heterocycles. The van der Waals surface area contributed by atoms with Crippen LogP contribution in [0.5, 0.6) is 0 Å². The summed E-state index contributed by atoms with van der Waals surface area (Å²) in [5, 5.41) is 4.84. The Bertz CT molecular complexity index is 2830. The van der Waals surface area contributed by atoms with Gasteiger partial charge in [-0.2, -0.15) is 0 Å². The maximum absolute atomic E-state index is 6.35. The summed E-state index contributed by atoms with van der Waals surface area (Å²) in [5.74, 6) is 0. The van der Waals surface area contributed by atoms with Crippen LogP contribution in [0.25, 0.3) is 75.5 Å². The highest BCUT2D eigenvalue weighted by atomic mass is 32.1. The maximum atomic E-state index is 6.35. The molecule has 0 unspecified atom stereocenters. The van der Waals surface area contributed by atoms with Crippen LogP contribution in [0.2, 0.25) is 0 Å². The van der Waals surface area contributed by atoms with E-state index in [9.17, 15) is 0 Å². The summed E-state index contributed by atoms with van der Waals surface area (Å²) in [6.45, 7) is 0. The van der Waals surface area contributed by atoms with Gasteiger partial charge in [0.2, 0.25) is 0 Å². The van der Waals surface area contributed by atoms with Crippen LogP contribution in [-0.4, -0.2) is 0 Å². The number of rotatable bonds is 6. The molecule has 0 saturated carbocycles. The number of furan rings is 1. The van der Waals surface area contributed by atoms with Crippen molar-refractivity contribution < 1.29 is 4.42 Å². The molecule has 10 rings (SSSR count). The molecule has 8 aromatic carbocycles. The normalized spacial score (nSPS) is 11.5. The molecular formula is C48H31NOS. The highest BCUT2D eigenvalue weighted by molar-refractivity contribution is 7.26. The minimum absolute atomic E-state index is 0.877. The Morgan fingerprint density at radius 3 is 1.63 bits per heavy atom. The Kier molecular flexibility index (Phi) is 7.04. The second kappa shape index (κ2) is 12.2. The van der Waals surface area contributed by atoms with Gasteiger partial charge in [0.1, 0.15) is 11.2 Å². The van der Waals surface area contributed by atoms with E-state index in [0.717, 1.165) is 39.0 Å². The summed E-state index contributed by atoms with van der Waals surface area (Å²) < 4.78 is 8.99. The molecule has 10 aromatic rings. The number of anilines is 3. The third-order valence-electron chi connectivity index (χ3n) is 9.91. The number of benzene rings is 8. The fourth-order valence-corrected chi connectivity index (χ4v) is 8.66. The second-order valence-corrected chi connectivity index (χ2v) is 14.0. The highest BCUT2D eigenvalue weighted by Gasteiger charge is 2.20. The molecule has 2 heterocycles. The minimum Gasteiger partial charge on any atom is -0.456 e. The van der Waals surface area contributed by atoms with Crippen molar-refractivity contribution >= 4 is 70.5 Å². The summed E-state index contributed by atoms with van der Waals surface area (Å²) in [4.78, 5) is 2.36. The molecule has 0 N–H and O–H groups in total. The zero-order valence-electron chi connectivity index (χ0n) is 27.7. The van der Waals surface area contributed by atoms with Gasteiger partial charge in [-0.15, -0.1) is 11.3 Å². The average Bonchev–Trinajstić information content (AvgIpc) is 3.78. The lowest BCUT2D eigenvalue weighted by molar-refractivity contribution is 0.669. The van der Waals surface area contributed by atoms with E-state index in [2.05, 4.69) is 181 Å². The van der Waals surface area contributed by atoms with Crippen LogP contribution < -0.4 is 4.90 Å². The number of hydrogen-bond donors (Lipinski definition) is 0. The first-order valence-electron chi connectivity index (χ1n) is 17.3. The van der Waals surface area contributed by atoms with E-state index in [-0.39, 0.29) is 0 Å².